The predicted molar refractivity (Wildman–Crippen MR) is 82.0 cm³/mol. The first-order valence-corrected chi connectivity index (χ1v) is 8.22. The molecule has 2 fully saturated rings. The fourth-order valence-electron chi connectivity index (χ4n) is 2.93. The molecule has 0 saturated carbocycles. The SMILES string of the molecule is CCCNC(=O)CN1CCN(C(=O)C2CCCCN2)CC1. The maximum absolute atomic E-state index is 12.4. The molecule has 2 rings (SSSR count). The third kappa shape index (κ3) is 4.97. The number of amides is 2. The van der Waals surface area contributed by atoms with E-state index in [4.69, 9.17) is 0 Å². The molecule has 2 amide bonds. The standard InChI is InChI=1S/C15H28N4O2/c1-2-6-17-14(20)12-18-8-10-19(11-9-18)15(21)13-5-3-4-7-16-13/h13,16H,2-12H2,1H3,(H,17,20). The van der Waals surface area contributed by atoms with Gasteiger partial charge in [-0.25, -0.2) is 0 Å². The topological polar surface area (TPSA) is 64.7 Å². The van der Waals surface area contributed by atoms with Gasteiger partial charge in [-0.15, -0.1) is 0 Å². The molecule has 2 aliphatic rings. The highest BCUT2D eigenvalue weighted by Gasteiger charge is 2.28. The number of rotatable bonds is 5. The lowest BCUT2D eigenvalue weighted by Crippen LogP contribution is -2.56. The highest BCUT2D eigenvalue weighted by Crippen LogP contribution is 2.11. The van der Waals surface area contributed by atoms with E-state index < -0.39 is 0 Å². The van der Waals surface area contributed by atoms with E-state index in [1.54, 1.807) is 0 Å². The Morgan fingerprint density at radius 2 is 1.95 bits per heavy atom. The molecular weight excluding hydrogens is 268 g/mol. The molecule has 2 heterocycles. The van der Waals surface area contributed by atoms with Crippen molar-refractivity contribution in [2.24, 2.45) is 0 Å². The van der Waals surface area contributed by atoms with Gasteiger partial charge in [0.15, 0.2) is 0 Å². The van der Waals surface area contributed by atoms with E-state index in [1.165, 1.54) is 6.42 Å². The Labute approximate surface area is 127 Å². The third-order valence-corrected chi connectivity index (χ3v) is 4.23. The van der Waals surface area contributed by atoms with Crippen LogP contribution >= 0.6 is 0 Å². The molecule has 21 heavy (non-hydrogen) atoms. The van der Waals surface area contributed by atoms with Gasteiger partial charge < -0.3 is 15.5 Å². The van der Waals surface area contributed by atoms with Gasteiger partial charge in [-0.05, 0) is 25.8 Å². The lowest BCUT2D eigenvalue weighted by Gasteiger charge is -2.37. The monoisotopic (exact) mass is 296 g/mol. The van der Waals surface area contributed by atoms with E-state index in [0.29, 0.717) is 6.54 Å². The van der Waals surface area contributed by atoms with Crippen molar-refractivity contribution in [2.75, 3.05) is 45.8 Å². The molecule has 0 aromatic rings. The lowest BCUT2D eigenvalue weighted by molar-refractivity contribution is -0.136. The number of hydrogen-bond acceptors (Lipinski definition) is 4. The van der Waals surface area contributed by atoms with Crippen molar-refractivity contribution in [3.63, 3.8) is 0 Å². The van der Waals surface area contributed by atoms with E-state index in [0.717, 1.165) is 58.5 Å². The molecule has 0 aromatic heterocycles. The molecule has 2 N–H and O–H groups in total. The van der Waals surface area contributed by atoms with Crippen LogP contribution in [0.4, 0.5) is 0 Å². The predicted octanol–water partition coefficient (Wildman–Crippen LogP) is -0.201. The highest BCUT2D eigenvalue weighted by atomic mass is 16.2. The largest absolute Gasteiger partial charge is 0.355 e. The Kier molecular flexibility index (Phi) is 6.45. The van der Waals surface area contributed by atoms with Gasteiger partial charge >= 0.3 is 0 Å². The van der Waals surface area contributed by atoms with E-state index in [1.807, 2.05) is 11.8 Å². The molecule has 120 valence electrons. The molecule has 0 radical (unpaired) electrons. The first-order chi connectivity index (χ1) is 10.2. The van der Waals surface area contributed by atoms with Crippen LogP contribution in [0.2, 0.25) is 0 Å². The molecule has 1 unspecified atom stereocenters. The van der Waals surface area contributed by atoms with Crippen molar-refractivity contribution < 1.29 is 9.59 Å². The summed E-state index contributed by atoms with van der Waals surface area (Å²) in [6.07, 6.45) is 4.23. The summed E-state index contributed by atoms with van der Waals surface area (Å²) in [4.78, 5) is 28.2. The number of piperidine rings is 1. The van der Waals surface area contributed by atoms with Crippen LogP contribution in [0.5, 0.6) is 0 Å². The Morgan fingerprint density at radius 3 is 2.57 bits per heavy atom. The third-order valence-electron chi connectivity index (χ3n) is 4.23. The fraction of sp³-hybridized carbons (Fsp3) is 0.867. The summed E-state index contributed by atoms with van der Waals surface area (Å²) in [5, 5.41) is 6.21. The molecule has 0 bridgehead atoms. The average Bonchev–Trinajstić information content (AvgIpc) is 2.54. The summed E-state index contributed by atoms with van der Waals surface area (Å²) in [5.74, 6) is 0.329. The molecule has 2 saturated heterocycles. The van der Waals surface area contributed by atoms with E-state index >= 15 is 0 Å². The van der Waals surface area contributed by atoms with E-state index in [9.17, 15) is 9.59 Å². The summed E-state index contributed by atoms with van der Waals surface area (Å²) in [6, 6.07) is 0.0122. The van der Waals surface area contributed by atoms with Crippen molar-refractivity contribution in [1.29, 1.82) is 0 Å². The van der Waals surface area contributed by atoms with Gasteiger partial charge in [-0.3, -0.25) is 14.5 Å². The lowest BCUT2D eigenvalue weighted by atomic mass is 10.0. The van der Waals surface area contributed by atoms with Crippen LogP contribution in [-0.4, -0.2) is 73.5 Å². The van der Waals surface area contributed by atoms with Crippen molar-refractivity contribution in [3.05, 3.63) is 0 Å². The molecule has 1 atom stereocenters. The first-order valence-electron chi connectivity index (χ1n) is 8.22. The van der Waals surface area contributed by atoms with Crippen LogP contribution in [0.25, 0.3) is 0 Å². The maximum Gasteiger partial charge on any atom is 0.239 e. The van der Waals surface area contributed by atoms with Gasteiger partial charge in [0.05, 0.1) is 12.6 Å². The second-order valence-electron chi connectivity index (χ2n) is 5.95. The second kappa shape index (κ2) is 8.34. The summed E-state index contributed by atoms with van der Waals surface area (Å²) < 4.78 is 0. The first kappa shape index (κ1) is 16.2. The number of carbonyl (C=O) groups excluding carboxylic acids is 2. The van der Waals surface area contributed by atoms with Gasteiger partial charge in [0.1, 0.15) is 0 Å². The maximum atomic E-state index is 12.4. The normalized spacial score (nSPS) is 23.9. The van der Waals surface area contributed by atoms with Crippen molar-refractivity contribution in [2.45, 2.75) is 38.6 Å². The number of nitrogens with zero attached hydrogens (tertiary/aromatic N) is 2. The highest BCUT2D eigenvalue weighted by molar-refractivity contribution is 5.82. The minimum absolute atomic E-state index is 0.0122. The van der Waals surface area contributed by atoms with Crippen LogP contribution in [0.3, 0.4) is 0 Å². The second-order valence-corrected chi connectivity index (χ2v) is 5.95. The average molecular weight is 296 g/mol. The number of piperazine rings is 1. The van der Waals surface area contributed by atoms with Crippen LogP contribution in [0.15, 0.2) is 0 Å². The molecule has 0 spiro atoms. The summed E-state index contributed by atoms with van der Waals surface area (Å²) in [7, 11) is 0. The van der Waals surface area contributed by atoms with Crippen molar-refractivity contribution in [1.82, 2.24) is 20.4 Å². The minimum atomic E-state index is 0.0122. The zero-order valence-electron chi connectivity index (χ0n) is 13.1. The molecular formula is C15H28N4O2. The van der Waals surface area contributed by atoms with Gasteiger partial charge in [0, 0.05) is 32.7 Å². The number of nitrogens with one attached hydrogen (secondary N) is 2. The molecule has 6 heteroatoms. The quantitative estimate of drug-likeness (QED) is 0.737. The molecule has 0 aromatic carbocycles. The number of carbonyl (C=O) groups is 2. The number of hydrogen-bond donors (Lipinski definition) is 2. The molecule has 2 aliphatic heterocycles. The minimum Gasteiger partial charge on any atom is -0.355 e. The smallest absolute Gasteiger partial charge is 0.239 e. The van der Waals surface area contributed by atoms with Crippen LogP contribution in [0, 0.1) is 0 Å². The van der Waals surface area contributed by atoms with Crippen LogP contribution < -0.4 is 10.6 Å². The Bertz CT molecular complexity index is 348. The van der Waals surface area contributed by atoms with Crippen LogP contribution in [-0.2, 0) is 9.59 Å². The van der Waals surface area contributed by atoms with Crippen molar-refractivity contribution in [3.8, 4) is 0 Å². The summed E-state index contributed by atoms with van der Waals surface area (Å²) in [6.45, 7) is 7.23. The molecule has 6 nitrogen and oxygen atoms in total. The Balaban J connectivity index is 1.70. The fourth-order valence-corrected chi connectivity index (χ4v) is 2.93. The van der Waals surface area contributed by atoms with E-state index in [2.05, 4.69) is 15.5 Å². The van der Waals surface area contributed by atoms with Gasteiger partial charge in [0.25, 0.3) is 0 Å². The van der Waals surface area contributed by atoms with Gasteiger partial charge in [0.2, 0.25) is 11.8 Å². The van der Waals surface area contributed by atoms with E-state index in [-0.39, 0.29) is 17.9 Å². The van der Waals surface area contributed by atoms with Gasteiger partial charge in [-0.2, -0.15) is 0 Å². The Hall–Kier alpha value is -1.14. The van der Waals surface area contributed by atoms with Crippen molar-refractivity contribution >= 4 is 11.8 Å². The summed E-state index contributed by atoms with van der Waals surface area (Å²) in [5.41, 5.74) is 0. The zero-order chi connectivity index (χ0) is 15.1. The Morgan fingerprint density at radius 1 is 1.19 bits per heavy atom. The summed E-state index contributed by atoms with van der Waals surface area (Å²) >= 11 is 0. The van der Waals surface area contributed by atoms with Crippen LogP contribution in [0.1, 0.15) is 32.6 Å². The van der Waals surface area contributed by atoms with Gasteiger partial charge in [-0.1, -0.05) is 13.3 Å². The zero-order valence-corrected chi connectivity index (χ0v) is 13.1. The molecule has 0 aliphatic carbocycles.